The van der Waals surface area contributed by atoms with Gasteiger partial charge in [-0.25, -0.2) is 0 Å². The fourth-order valence-corrected chi connectivity index (χ4v) is 3.38. The van der Waals surface area contributed by atoms with Gasteiger partial charge in [0, 0.05) is 31.2 Å². The van der Waals surface area contributed by atoms with Crippen molar-refractivity contribution in [3.8, 4) is 0 Å². The molecule has 1 saturated carbocycles. The Balaban J connectivity index is 1.61. The minimum atomic E-state index is -0.220. The van der Waals surface area contributed by atoms with Crippen LogP contribution in [-0.2, 0) is 14.4 Å². The van der Waals surface area contributed by atoms with Crippen LogP contribution >= 0.6 is 0 Å². The molecular formula is C18H27N3O3. The quantitative estimate of drug-likeness (QED) is 0.384. The standard InChI is InChI=1S/C18H27N3O3/c19-11-3-1-2-4-12-20-18(24)15-7-5-14(6-8-15)13-21-16(22)9-10-17(21)23/h9-11,14-15,19H,1-8,12-13H2,(H,20,24). The van der Waals surface area contributed by atoms with Gasteiger partial charge in [-0.05, 0) is 57.1 Å². The van der Waals surface area contributed by atoms with Gasteiger partial charge in [0.1, 0.15) is 0 Å². The third-order valence-electron chi connectivity index (χ3n) is 4.88. The summed E-state index contributed by atoms with van der Waals surface area (Å²) in [4.78, 5) is 36.6. The Hall–Kier alpha value is -1.98. The lowest BCUT2D eigenvalue weighted by Gasteiger charge is -2.30. The van der Waals surface area contributed by atoms with Crippen molar-refractivity contribution in [3.05, 3.63) is 12.2 Å². The van der Waals surface area contributed by atoms with Gasteiger partial charge < -0.3 is 10.7 Å². The molecule has 3 amide bonds. The van der Waals surface area contributed by atoms with Crippen LogP contribution < -0.4 is 5.32 Å². The molecule has 0 saturated heterocycles. The van der Waals surface area contributed by atoms with Crippen molar-refractivity contribution in [2.24, 2.45) is 11.8 Å². The molecule has 6 heteroatoms. The summed E-state index contributed by atoms with van der Waals surface area (Å²) in [5.74, 6) is 0.0650. The lowest BCUT2D eigenvalue weighted by Crippen LogP contribution is -2.38. The van der Waals surface area contributed by atoms with Gasteiger partial charge in [-0.1, -0.05) is 6.42 Å². The van der Waals surface area contributed by atoms with Crippen molar-refractivity contribution in [2.75, 3.05) is 13.1 Å². The Labute approximate surface area is 143 Å². The van der Waals surface area contributed by atoms with E-state index < -0.39 is 0 Å². The van der Waals surface area contributed by atoms with Crippen molar-refractivity contribution in [3.63, 3.8) is 0 Å². The van der Waals surface area contributed by atoms with Crippen LogP contribution in [0.2, 0.25) is 0 Å². The van der Waals surface area contributed by atoms with E-state index in [1.54, 1.807) is 0 Å². The van der Waals surface area contributed by atoms with Crippen LogP contribution in [0.1, 0.15) is 51.4 Å². The molecular weight excluding hydrogens is 306 g/mol. The first-order valence-corrected chi connectivity index (χ1v) is 8.92. The molecule has 2 aliphatic rings. The van der Waals surface area contributed by atoms with Crippen LogP contribution in [0, 0.1) is 17.2 Å². The van der Waals surface area contributed by atoms with Gasteiger partial charge in [-0.2, -0.15) is 0 Å². The number of hydrogen-bond donors (Lipinski definition) is 2. The molecule has 1 aliphatic heterocycles. The Morgan fingerprint density at radius 1 is 1.12 bits per heavy atom. The summed E-state index contributed by atoms with van der Waals surface area (Å²) in [6.45, 7) is 1.19. The maximum absolute atomic E-state index is 12.2. The first-order chi connectivity index (χ1) is 11.6. The number of nitrogens with zero attached hydrogens (tertiary/aromatic N) is 1. The average Bonchev–Trinajstić information content (AvgIpc) is 2.90. The van der Waals surface area contributed by atoms with E-state index in [1.165, 1.54) is 23.3 Å². The molecule has 1 aliphatic carbocycles. The summed E-state index contributed by atoms with van der Waals surface area (Å²) < 4.78 is 0. The van der Waals surface area contributed by atoms with Crippen molar-refractivity contribution in [1.29, 1.82) is 5.41 Å². The van der Waals surface area contributed by atoms with E-state index in [0.29, 0.717) is 19.0 Å². The van der Waals surface area contributed by atoms with E-state index in [9.17, 15) is 14.4 Å². The van der Waals surface area contributed by atoms with Crippen LogP contribution in [0.5, 0.6) is 0 Å². The number of hydrogen-bond acceptors (Lipinski definition) is 4. The highest BCUT2D eigenvalue weighted by Gasteiger charge is 2.31. The van der Waals surface area contributed by atoms with E-state index in [-0.39, 0.29) is 23.6 Å². The maximum Gasteiger partial charge on any atom is 0.253 e. The van der Waals surface area contributed by atoms with Crippen molar-refractivity contribution < 1.29 is 14.4 Å². The fourth-order valence-electron chi connectivity index (χ4n) is 3.38. The van der Waals surface area contributed by atoms with Crippen LogP contribution in [-0.4, -0.2) is 41.9 Å². The van der Waals surface area contributed by atoms with Gasteiger partial charge in [0.15, 0.2) is 0 Å². The summed E-state index contributed by atoms with van der Waals surface area (Å²) in [7, 11) is 0. The molecule has 0 spiro atoms. The average molecular weight is 333 g/mol. The summed E-state index contributed by atoms with van der Waals surface area (Å²) in [6.07, 6.45) is 11.3. The van der Waals surface area contributed by atoms with Gasteiger partial charge in [-0.3, -0.25) is 19.3 Å². The fraction of sp³-hybridized carbons (Fsp3) is 0.667. The number of imide groups is 1. The molecule has 6 nitrogen and oxygen atoms in total. The maximum atomic E-state index is 12.2. The monoisotopic (exact) mass is 333 g/mol. The van der Waals surface area contributed by atoms with Gasteiger partial charge >= 0.3 is 0 Å². The summed E-state index contributed by atoms with van der Waals surface area (Å²) in [5, 5.41) is 9.96. The van der Waals surface area contributed by atoms with E-state index >= 15 is 0 Å². The first kappa shape index (κ1) is 18.4. The van der Waals surface area contributed by atoms with E-state index in [2.05, 4.69) is 5.32 Å². The summed E-state index contributed by atoms with van der Waals surface area (Å²) in [6, 6.07) is 0. The molecule has 0 bridgehead atoms. The van der Waals surface area contributed by atoms with Crippen LogP contribution in [0.4, 0.5) is 0 Å². The molecule has 2 N–H and O–H groups in total. The summed E-state index contributed by atoms with van der Waals surface area (Å²) >= 11 is 0. The second-order valence-electron chi connectivity index (χ2n) is 6.68. The summed E-state index contributed by atoms with van der Waals surface area (Å²) in [5.41, 5.74) is 0. The molecule has 0 radical (unpaired) electrons. The normalized spacial score (nSPS) is 23.6. The Kier molecular flexibility index (Phi) is 7.15. The van der Waals surface area contributed by atoms with Crippen molar-refractivity contribution in [2.45, 2.75) is 51.4 Å². The predicted molar refractivity (Wildman–Crippen MR) is 91.6 cm³/mol. The van der Waals surface area contributed by atoms with Crippen molar-refractivity contribution >= 4 is 23.9 Å². The number of amides is 3. The van der Waals surface area contributed by atoms with E-state index in [4.69, 9.17) is 5.41 Å². The van der Waals surface area contributed by atoms with Crippen LogP contribution in [0.3, 0.4) is 0 Å². The third-order valence-corrected chi connectivity index (χ3v) is 4.88. The molecule has 132 valence electrons. The molecule has 1 heterocycles. The second kappa shape index (κ2) is 9.35. The molecule has 0 atom stereocenters. The number of carbonyl (C=O) groups excluding carboxylic acids is 3. The zero-order valence-electron chi connectivity index (χ0n) is 14.1. The molecule has 1 fully saturated rings. The zero-order valence-corrected chi connectivity index (χ0v) is 14.1. The zero-order chi connectivity index (χ0) is 17.4. The SMILES string of the molecule is N=CCCCCCNC(=O)C1CCC(CN2C(=O)C=CC2=O)CC1. The van der Waals surface area contributed by atoms with Gasteiger partial charge in [0.25, 0.3) is 11.8 Å². The lowest BCUT2D eigenvalue weighted by atomic mass is 9.81. The molecule has 24 heavy (non-hydrogen) atoms. The van der Waals surface area contributed by atoms with Gasteiger partial charge in [0.2, 0.25) is 5.91 Å². The van der Waals surface area contributed by atoms with E-state index in [1.807, 2.05) is 0 Å². The Bertz CT molecular complexity index is 490. The van der Waals surface area contributed by atoms with Crippen LogP contribution in [0.15, 0.2) is 12.2 Å². The Morgan fingerprint density at radius 3 is 2.42 bits per heavy atom. The Morgan fingerprint density at radius 2 is 1.79 bits per heavy atom. The topological polar surface area (TPSA) is 90.3 Å². The molecule has 2 rings (SSSR count). The minimum Gasteiger partial charge on any atom is -0.356 e. The molecule has 0 aromatic rings. The minimum absolute atomic E-state index is 0.0610. The predicted octanol–water partition coefficient (Wildman–Crippen LogP) is 2.04. The van der Waals surface area contributed by atoms with Crippen molar-refractivity contribution in [1.82, 2.24) is 10.2 Å². The third kappa shape index (κ3) is 5.28. The second-order valence-corrected chi connectivity index (χ2v) is 6.68. The smallest absolute Gasteiger partial charge is 0.253 e. The van der Waals surface area contributed by atoms with Gasteiger partial charge in [-0.15, -0.1) is 0 Å². The van der Waals surface area contributed by atoms with Crippen LogP contribution in [0.25, 0.3) is 0 Å². The molecule has 0 aromatic carbocycles. The lowest BCUT2D eigenvalue weighted by molar-refractivity contribution is -0.138. The number of nitrogens with one attached hydrogen (secondary N) is 2. The van der Waals surface area contributed by atoms with Gasteiger partial charge in [0.05, 0.1) is 0 Å². The first-order valence-electron chi connectivity index (χ1n) is 8.92. The molecule has 0 aromatic heterocycles. The highest BCUT2D eigenvalue weighted by atomic mass is 16.2. The highest BCUT2D eigenvalue weighted by Crippen LogP contribution is 2.30. The number of rotatable bonds is 9. The van der Waals surface area contributed by atoms with E-state index in [0.717, 1.165) is 51.4 Å². The number of carbonyl (C=O) groups is 3. The largest absolute Gasteiger partial charge is 0.356 e. The molecule has 0 unspecified atom stereocenters. The highest BCUT2D eigenvalue weighted by molar-refractivity contribution is 6.12. The number of unbranched alkanes of at least 4 members (excludes halogenated alkanes) is 3.